The summed E-state index contributed by atoms with van der Waals surface area (Å²) in [4.78, 5) is 0. The largest absolute Gasteiger partial charge is 0.377 e. The standard InChI is InChI=1S/C8H15BrO/c1-3-5-10-7-8(4-2)6-9/h3,8H,1,4-7H2,2H3. The van der Waals surface area contributed by atoms with E-state index in [9.17, 15) is 0 Å². The monoisotopic (exact) mass is 206 g/mol. The molecule has 0 radical (unpaired) electrons. The van der Waals surface area contributed by atoms with Gasteiger partial charge in [-0.15, -0.1) is 6.58 Å². The van der Waals surface area contributed by atoms with Gasteiger partial charge in [-0.1, -0.05) is 35.4 Å². The molecule has 0 amide bonds. The number of ether oxygens (including phenoxy) is 1. The van der Waals surface area contributed by atoms with Crippen LogP contribution in [-0.2, 0) is 4.74 Å². The predicted octanol–water partition coefficient (Wildman–Crippen LogP) is 2.61. The van der Waals surface area contributed by atoms with Crippen LogP contribution in [-0.4, -0.2) is 18.5 Å². The van der Waals surface area contributed by atoms with Gasteiger partial charge in [0.2, 0.25) is 0 Å². The van der Waals surface area contributed by atoms with Crippen molar-refractivity contribution in [2.45, 2.75) is 13.3 Å². The average Bonchev–Trinajstić information content (AvgIpc) is 1.99. The maximum atomic E-state index is 5.28. The molecule has 1 unspecified atom stereocenters. The molecule has 0 saturated heterocycles. The minimum absolute atomic E-state index is 0.653. The molecule has 0 aromatic rings. The lowest BCUT2D eigenvalue weighted by atomic mass is 10.1. The lowest BCUT2D eigenvalue weighted by Gasteiger charge is -2.09. The minimum Gasteiger partial charge on any atom is -0.377 e. The lowest BCUT2D eigenvalue weighted by molar-refractivity contribution is 0.129. The van der Waals surface area contributed by atoms with Gasteiger partial charge in [-0.2, -0.15) is 0 Å². The summed E-state index contributed by atoms with van der Waals surface area (Å²) in [6.45, 7) is 7.25. The Morgan fingerprint density at radius 2 is 2.40 bits per heavy atom. The van der Waals surface area contributed by atoms with E-state index in [-0.39, 0.29) is 0 Å². The van der Waals surface area contributed by atoms with Gasteiger partial charge >= 0.3 is 0 Å². The first-order chi connectivity index (χ1) is 4.85. The molecule has 0 N–H and O–H groups in total. The Kier molecular flexibility index (Phi) is 7.42. The van der Waals surface area contributed by atoms with Gasteiger partial charge in [-0.05, 0) is 5.92 Å². The fourth-order valence-corrected chi connectivity index (χ4v) is 1.23. The number of alkyl halides is 1. The molecule has 0 fully saturated rings. The van der Waals surface area contributed by atoms with Crippen LogP contribution in [0.3, 0.4) is 0 Å². The van der Waals surface area contributed by atoms with Crippen molar-refractivity contribution in [1.29, 1.82) is 0 Å². The summed E-state index contributed by atoms with van der Waals surface area (Å²) < 4.78 is 5.28. The smallest absolute Gasteiger partial charge is 0.0644 e. The van der Waals surface area contributed by atoms with Gasteiger partial charge in [-0.25, -0.2) is 0 Å². The van der Waals surface area contributed by atoms with E-state index in [0.717, 1.165) is 11.9 Å². The zero-order chi connectivity index (χ0) is 7.82. The van der Waals surface area contributed by atoms with Crippen molar-refractivity contribution in [1.82, 2.24) is 0 Å². The minimum atomic E-state index is 0.653. The van der Waals surface area contributed by atoms with Crippen molar-refractivity contribution < 1.29 is 4.74 Å². The second-order valence-corrected chi connectivity index (χ2v) is 2.90. The highest BCUT2D eigenvalue weighted by Gasteiger charge is 2.02. The Bertz CT molecular complexity index is 79.3. The van der Waals surface area contributed by atoms with Crippen molar-refractivity contribution in [3.8, 4) is 0 Å². The molecule has 10 heavy (non-hydrogen) atoms. The van der Waals surface area contributed by atoms with Crippen molar-refractivity contribution >= 4 is 15.9 Å². The summed E-state index contributed by atoms with van der Waals surface area (Å²) in [5.41, 5.74) is 0. The third-order valence-electron chi connectivity index (χ3n) is 1.38. The molecule has 0 bridgehead atoms. The molecular formula is C8H15BrO. The SMILES string of the molecule is C=CCOCC(CC)CBr. The first-order valence-electron chi connectivity index (χ1n) is 3.59. The molecule has 0 aliphatic carbocycles. The highest BCUT2D eigenvalue weighted by atomic mass is 79.9. The Balaban J connectivity index is 3.16. The molecule has 0 saturated carbocycles. The van der Waals surface area contributed by atoms with Gasteiger partial charge in [0.15, 0.2) is 0 Å². The highest BCUT2D eigenvalue weighted by molar-refractivity contribution is 9.09. The Hall–Kier alpha value is 0.180. The first-order valence-corrected chi connectivity index (χ1v) is 4.71. The van der Waals surface area contributed by atoms with E-state index in [1.807, 2.05) is 0 Å². The molecule has 0 aliphatic rings. The second kappa shape index (κ2) is 7.29. The predicted molar refractivity (Wildman–Crippen MR) is 48.6 cm³/mol. The van der Waals surface area contributed by atoms with Crippen LogP contribution in [0.2, 0.25) is 0 Å². The van der Waals surface area contributed by atoms with Crippen LogP contribution in [0.15, 0.2) is 12.7 Å². The molecule has 0 aromatic heterocycles. The van der Waals surface area contributed by atoms with Crippen LogP contribution in [0.4, 0.5) is 0 Å². The van der Waals surface area contributed by atoms with Gasteiger partial charge in [-0.3, -0.25) is 0 Å². The van der Waals surface area contributed by atoms with Gasteiger partial charge in [0.25, 0.3) is 0 Å². The first kappa shape index (κ1) is 10.2. The Morgan fingerprint density at radius 1 is 1.70 bits per heavy atom. The van der Waals surface area contributed by atoms with Crippen molar-refractivity contribution in [3.05, 3.63) is 12.7 Å². The molecule has 1 nitrogen and oxygen atoms in total. The summed E-state index contributed by atoms with van der Waals surface area (Å²) in [6, 6.07) is 0. The quantitative estimate of drug-likeness (QED) is 0.369. The summed E-state index contributed by atoms with van der Waals surface area (Å²) in [5, 5.41) is 1.03. The molecule has 0 heterocycles. The lowest BCUT2D eigenvalue weighted by Crippen LogP contribution is -2.09. The highest BCUT2D eigenvalue weighted by Crippen LogP contribution is 2.06. The van der Waals surface area contributed by atoms with Crippen LogP contribution in [0.1, 0.15) is 13.3 Å². The van der Waals surface area contributed by atoms with Crippen LogP contribution in [0.5, 0.6) is 0 Å². The second-order valence-electron chi connectivity index (χ2n) is 2.25. The zero-order valence-electron chi connectivity index (χ0n) is 6.48. The van der Waals surface area contributed by atoms with E-state index < -0.39 is 0 Å². The van der Waals surface area contributed by atoms with Crippen molar-refractivity contribution in [2.24, 2.45) is 5.92 Å². The molecule has 1 atom stereocenters. The Labute approximate surface area is 71.6 Å². The van der Waals surface area contributed by atoms with E-state index in [1.54, 1.807) is 6.08 Å². The number of rotatable bonds is 6. The van der Waals surface area contributed by atoms with Gasteiger partial charge < -0.3 is 4.74 Å². The molecule has 0 rings (SSSR count). The van der Waals surface area contributed by atoms with E-state index in [0.29, 0.717) is 12.5 Å². The van der Waals surface area contributed by atoms with Crippen LogP contribution < -0.4 is 0 Å². The average molecular weight is 207 g/mol. The van der Waals surface area contributed by atoms with Gasteiger partial charge in [0.05, 0.1) is 13.2 Å². The van der Waals surface area contributed by atoms with E-state index in [1.165, 1.54) is 6.42 Å². The topological polar surface area (TPSA) is 9.23 Å². The molecule has 60 valence electrons. The fourth-order valence-electron chi connectivity index (χ4n) is 0.590. The number of halogens is 1. The van der Waals surface area contributed by atoms with E-state index in [2.05, 4.69) is 29.4 Å². The van der Waals surface area contributed by atoms with E-state index >= 15 is 0 Å². The third-order valence-corrected chi connectivity index (χ3v) is 2.30. The summed E-state index contributed by atoms with van der Waals surface area (Å²) in [5.74, 6) is 0.653. The van der Waals surface area contributed by atoms with Gasteiger partial charge in [0, 0.05) is 5.33 Å². The molecule has 2 heteroatoms. The summed E-state index contributed by atoms with van der Waals surface area (Å²) in [7, 11) is 0. The van der Waals surface area contributed by atoms with Crippen LogP contribution >= 0.6 is 15.9 Å². The van der Waals surface area contributed by atoms with Gasteiger partial charge in [0.1, 0.15) is 0 Å². The third kappa shape index (κ3) is 5.00. The molecular weight excluding hydrogens is 192 g/mol. The van der Waals surface area contributed by atoms with E-state index in [4.69, 9.17) is 4.74 Å². The maximum absolute atomic E-state index is 5.28. The number of hydrogen-bond acceptors (Lipinski definition) is 1. The zero-order valence-corrected chi connectivity index (χ0v) is 8.06. The summed E-state index contributed by atoms with van der Waals surface area (Å²) >= 11 is 3.42. The normalized spacial score (nSPS) is 13.0. The molecule has 0 aromatic carbocycles. The molecule has 0 spiro atoms. The maximum Gasteiger partial charge on any atom is 0.0644 e. The van der Waals surface area contributed by atoms with Crippen LogP contribution in [0.25, 0.3) is 0 Å². The fraction of sp³-hybridized carbons (Fsp3) is 0.750. The van der Waals surface area contributed by atoms with Crippen LogP contribution in [0, 0.1) is 5.92 Å². The van der Waals surface area contributed by atoms with Crippen molar-refractivity contribution in [2.75, 3.05) is 18.5 Å². The number of hydrogen-bond donors (Lipinski definition) is 0. The summed E-state index contributed by atoms with van der Waals surface area (Å²) in [6.07, 6.45) is 2.95. The molecule has 0 aliphatic heterocycles. The van der Waals surface area contributed by atoms with Crippen molar-refractivity contribution in [3.63, 3.8) is 0 Å². The Morgan fingerprint density at radius 3 is 2.80 bits per heavy atom.